The number of benzene rings is 2. The van der Waals surface area contributed by atoms with Crippen molar-refractivity contribution < 1.29 is 14.3 Å². The zero-order chi connectivity index (χ0) is 20.9. The molecule has 6 nitrogen and oxygen atoms in total. The van der Waals surface area contributed by atoms with E-state index in [1.54, 1.807) is 0 Å². The summed E-state index contributed by atoms with van der Waals surface area (Å²) in [7, 11) is 0. The molecule has 0 atom stereocenters. The smallest absolute Gasteiger partial charge is 0.238 e. The first-order valence-electron chi connectivity index (χ1n) is 10.8. The van der Waals surface area contributed by atoms with Crippen LogP contribution in [0, 0.1) is 0 Å². The van der Waals surface area contributed by atoms with Gasteiger partial charge in [0.1, 0.15) is 13.2 Å². The Labute approximate surface area is 178 Å². The lowest BCUT2D eigenvalue weighted by Gasteiger charge is -2.34. The molecule has 2 aromatic carbocycles. The first kappa shape index (κ1) is 20.7. The van der Waals surface area contributed by atoms with Crippen LogP contribution in [-0.2, 0) is 11.3 Å². The van der Waals surface area contributed by atoms with E-state index in [0.29, 0.717) is 31.4 Å². The Hall–Kier alpha value is -2.57. The van der Waals surface area contributed by atoms with Gasteiger partial charge in [-0.15, -0.1) is 0 Å². The van der Waals surface area contributed by atoms with Crippen LogP contribution in [0.1, 0.15) is 30.9 Å². The van der Waals surface area contributed by atoms with E-state index in [9.17, 15) is 4.79 Å². The van der Waals surface area contributed by atoms with Crippen LogP contribution < -0.4 is 14.8 Å². The molecular formula is C24H31N3O3. The van der Waals surface area contributed by atoms with E-state index in [-0.39, 0.29) is 5.91 Å². The summed E-state index contributed by atoms with van der Waals surface area (Å²) in [5.74, 6) is 1.99. The SMILES string of the molecule is CC(C)c1ccc(CN2CCN(CC(=O)Nc3ccc4c(c3)OCCO4)CC2)cc1. The van der Waals surface area contributed by atoms with Crippen molar-refractivity contribution in [3.63, 3.8) is 0 Å². The molecule has 1 amide bonds. The third kappa shape index (κ3) is 5.32. The zero-order valence-corrected chi connectivity index (χ0v) is 17.9. The second-order valence-corrected chi connectivity index (χ2v) is 8.36. The van der Waals surface area contributed by atoms with E-state index in [1.807, 2.05) is 18.2 Å². The summed E-state index contributed by atoms with van der Waals surface area (Å²) in [6, 6.07) is 14.5. The van der Waals surface area contributed by atoms with E-state index in [2.05, 4.69) is 53.2 Å². The summed E-state index contributed by atoms with van der Waals surface area (Å²) in [6.07, 6.45) is 0. The van der Waals surface area contributed by atoms with Gasteiger partial charge in [0.2, 0.25) is 5.91 Å². The fraction of sp³-hybridized carbons (Fsp3) is 0.458. The number of nitrogens with one attached hydrogen (secondary N) is 1. The van der Waals surface area contributed by atoms with Gasteiger partial charge in [0.05, 0.1) is 6.54 Å². The molecule has 30 heavy (non-hydrogen) atoms. The van der Waals surface area contributed by atoms with Crippen molar-refractivity contribution >= 4 is 11.6 Å². The molecule has 0 spiro atoms. The van der Waals surface area contributed by atoms with Crippen LogP contribution in [0.2, 0.25) is 0 Å². The number of carbonyl (C=O) groups excluding carboxylic acids is 1. The molecular weight excluding hydrogens is 378 g/mol. The second-order valence-electron chi connectivity index (χ2n) is 8.36. The number of piperazine rings is 1. The molecule has 6 heteroatoms. The summed E-state index contributed by atoms with van der Waals surface area (Å²) in [5, 5.41) is 2.97. The number of ether oxygens (including phenoxy) is 2. The molecule has 0 saturated carbocycles. The van der Waals surface area contributed by atoms with Crippen molar-refractivity contribution in [3.8, 4) is 11.5 Å². The average Bonchev–Trinajstić information content (AvgIpc) is 2.75. The Morgan fingerprint density at radius 2 is 1.60 bits per heavy atom. The maximum atomic E-state index is 12.5. The Morgan fingerprint density at radius 3 is 2.30 bits per heavy atom. The van der Waals surface area contributed by atoms with Gasteiger partial charge < -0.3 is 14.8 Å². The number of amides is 1. The number of rotatable bonds is 6. The van der Waals surface area contributed by atoms with Gasteiger partial charge in [-0.25, -0.2) is 0 Å². The molecule has 2 aromatic rings. The molecule has 0 radical (unpaired) electrons. The minimum Gasteiger partial charge on any atom is -0.486 e. The Balaban J connectivity index is 1.22. The molecule has 1 saturated heterocycles. The fourth-order valence-electron chi connectivity index (χ4n) is 3.90. The summed E-state index contributed by atoms with van der Waals surface area (Å²) in [6.45, 7) is 10.7. The first-order valence-corrected chi connectivity index (χ1v) is 10.8. The third-order valence-corrected chi connectivity index (χ3v) is 5.71. The van der Waals surface area contributed by atoms with Crippen LogP contribution in [0.15, 0.2) is 42.5 Å². The maximum Gasteiger partial charge on any atom is 0.238 e. The van der Waals surface area contributed by atoms with Gasteiger partial charge in [0, 0.05) is 44.5 Å². The summed E-state index contributed by atoms with van der Waals surface area (Å²) in [4.78, 5) is 17.1. The first-order chi connectivity index (χ1) is 14.6. The number of nitrogens with zero attached hydrogens (tertiary/aromatic N) is 2. The summed E-state index contributed by atoms with van der Waals surface area (Å²) < 4.78 is 11.1. The van der Waals surface area contributed by atoms with Crippen molar-refractivity contribution in [2.75, 3.05) is 51.3 Å². The number of carbonyl (C=O) groups is 1. The van der Waals surface area contributed by atoms with Crippen molar-refractivity contribution in [1.82, 2.24) is 9.80 Å². The molecule has 2 heterocycles. The van der Waals surface area contributed by atoms with Crippen LogP contribution in [0.25, 0.3) is 0 Å². The van der Waals surface area contributed by atoms with Gasteiger partial charge in [-0.1, -0.05) is 38.1 Å². The topological polar surface area (TPSA) is 54.0 Å². The Bertz CT molecular complexity index is 858. The Kier molecular flexibility index (Phi) is 6.55. The second kappa shape index (κ2) is 9.49. The molecule has 2 aliphatic rings. The largest absolute Gasteiger partial charge is 0.486 e. The monoisotopic (exact) mass is 409 g/mol. The summed E-state index contributed by atoms with van der Waals surface area (Å²) in [5.41, 5.74) is 3.48. The van der Waals surface area contributed by atoms with E-state index in [0.717, 1.165) is 44.2 Å². The lowest BCUT2D eigenvalue weighted by atomic mass is 10.0. The number of hydrogen-bond acceptors (Lipinski definition) is 5. The van der Waals surface area contributed by atoms with Crippen LogP contribution >= 0.6 is 0 Å². The van der Waals surface area contributed by atoms with E-state index in [1.165, 1.54) is 11.1 Å². The molecule has 0 aliphatic carbocycles. The maximum absolute atomic E-state index is 12.5. The highest BCUT2D eigenvalue weighted by molar-refractivity contribution is 5.92. The van der Waals surface area contributed by atoms with Gasteiger partial charge in [0.25, 0.3) is 0 Å². The van der Waals surface area contributed by atoms with Crippen LogP contribution in [-0.4, -0.2) is 61.6 Å². The molecule has 0 aromatic heterocycles. The third-order valence-electron chi connectivity index (χ3n) is 5.71. The Morgan fingerprint density at radius 1 is 0.933 bits per heavy atom. The molecule has 2 aliphatic heterocycles. The number of hydrogen-bond donors (Lipinski definition) is 1. The molecule has 160 valence electrons. The predicted octanol–water partition coefficient (Wildman–Crippen LogP) is 3.34. The highest BCUT2D eigenvalue weighted by Gasteiger charge is 2.20. The normalized spacial score (nSPS) is 17.2. The summed E-state index contributed by atoms with van der Waals surface area (Å²) >= 11 is 0. The molecule has 1 N–H and O–H groups in total. The lowest BCUT2D eigenvalue weighted by molar-refractivity contribution is -0.117. The highest BCUT2D eigenvalue weighted by atomic mass is 16.6. The van der Waals surface area contributed by atoms with Crippen molar-refractivity contribution in [3.05, 3.63) is 53.6 Å². The predicted molar refractivity (Wildman–Crippen MR) is 118 cm³/mol. The lowest BCUT2D eigenvalue weighted by Crippen LogP contribution is -2.48. The van der Waals surface area contributed by atoms with Crippen LogP contribution in [0.3, 0.4) is 0 Å². The van der Waals surface area contributed by atoms with Gasteiger partial charge in [-0.3, -0.25) is 14.6 Å². The van der Waals surface area contributed by atoms with Crippen LogP contribution in [0.5, 0.6) is 11.5 Å². The quantitative estimate of drug-likeness (QED) is 0.793. The fourth-order valence-corrected chi connectivity index (χ4v) is 3.90. The highest BCUT2D eigenvalue weighted by Crippen LogP contribution is 2.32. The molecule has 1 fully saturated rings. The standard InChI is InChI=1S/C24H31N3O3/c1-18(2)20-5-3-19(4-6-20)16-26-9-11-27(12-10-26)17-24(28)25-21-7-8-22-23(15-21)30-14-13-29-22/h3-8,15,18H,9-14,16-17H2,1-2H3,(H,25,28). The van der Waals surface area contributed by atoms with E-state index >= 15 is 0 Å². The van der Waals surface area contributed by atoms with Gasteiger partial charge in [0.15, 0.2) is 11.5 Å². The van der Waals surface area contributed by atoms with E-state index in [4.69, 9.17) is 9.47 Å². The van der Waals surface area contributed by atoms with Crippen molar-refractivity contribution in [2.24, 2.45) is 0 Å². The number of anilines is 1. The van der Waals surface area contributed by atoms with Gasteiger partial charge in [-0.05, 0) is 29.2 Å². The molecule has 0 unspecified atom stereocenters. The number of fused-ring (bicyclic) bond motifs is 1. The van der Waals surface area contributed by atoms with Gasteiger partial charge >= 0.3 is 0 Å². The minimum absolute atomic E-state index is 0.00408. The molecule has 0 bridgehead atoms. The minimum atomic E-state index is 0.00408. The molecule has 4 rings (SSSR count). The van der Waals surface area contributed by atoms with E-state index < -0.39 is 0 Å². The van der Waals surface area contributed by atoms with Crippen molar-refractivity contribution in [2.45, 2.75) is 26.3 Å². The average molecular weight is 410 g/mol. The van der Waals surface area contributed by atoms with Gasteiger partial charge in [-0.2, -0.15) is 0 Å². The zero-order valence-electron chi connectivity index (χ0n) is 17.9. The van der Waals surface area contributed by atoms with Crippen molar-refractivity contribution in [1.29, 1.82) is 0 Å². The van der Waals surface area contributed by atoms with Crippen LogP contribution in [0.4, 0.5) is 5.69 Å².